The van der Waals surface area contributed by atoms with E-state index in [2.05, 4.69) is 38.8 Å². The maximum Gasteiger partial charge on any atom is 0.122 e. The number of methoxy groups -OCH3 is 2. The molecule has 0 aromatic heterocycles. The first-order chi connectivity index (χ1) is 13.4. The highest BCUT2D eigenvalue weighted by Crippen LogP contribution is 2.39. The summed E-state index contributed by atoms with van der Waals surface area (Å²) in [5.74, 6) is 1.65. The molecule has 0 N–H and O–H groups in total. The number of ether oxygens (including phenoxy) is 2. The fraction of sp³-hybridized carbons (Fsp3) is 0.708. The van der Waals surface area contributed by atoms with Gasteiger partial charge in [0, 0.05) is 6.07 Å². The van der Waals surface area contributed by atoms with Crippen molar-refractivity contribution in [1.82, 2.24) is 4.90 Å². The minimum Gasteiger partial charge on any atom is -0.497 e. The third-order valence-electron chi connectivity index (χ3n) is 5.83. The van der Waals surface area contributed by atoms with Crippen LogP contribution in [0.1, 0.15) is 71.3 Å². The van der Waals surface area contributed by atoms with Crippen molar-refractivity contribution >= 4 is 0 Å². The molecule has 0 saturated heterocycles. The normalized spacial score (nSPS) is 13.4. The summed E-state index contributed by atoms with van der Waals surface area (Å²) in [6, 6.07) is 8.47. The Morgan fingerprint density at radius 3 is 2.04 bits per heavy atom. The Morgan fingerprint density at radius 2 is 1.54 bits per heavy atom. The van der Waals surface area contributed by atoms with Gasteiger partial charge in [-0.3, -0.25) is 0 Å². The van der Waals surface area contributed by atoms with Gasteiger partial charge >= 0.3 is 0 Å². The van der Waals surface area contributed by atoms with Crippen LogP contribution in [0.2, 0.25) is 0 Å². The van der Waals surface area contributed by atoms with E-state index in [1.165, 1.54) is 38.5 Å². The first kappa shape index (κ1) is 24.3. The van der Waals surface area contributed by atoms with Crippen LogP contribution in [0.15, 0.2) is 18.2 Å². The monoisotopic (exact) mass is 388 g/mol. The van der Waals surface area contributed by atoms with Gasteiger partial charge in [-0.2, -0.15) is 5.26 Å². The smallest absolute Gasteiger partial charge is 0.122 e. The van der Waals surface area contributed by atoms with Gasteiger partial charge in [-0.15, -0.1) is 0 Å². The van der Waals surface area contributed by atoms with Gasteiger partial charge < -0.3 is 14.4 Å². The van der Waals surface area contributed by atoms with E-state index in [0.717, 1.165) is 36.6 Å². The van der Waals surface area contributed by atoms with Gasteiger partial charge in [0.05, 0.1) is 25.7 Å². The molecule has 158 valence electrons. The zero-order valence-electron chi connectivity index (χ0n) is 18.9. The second-order valence-electron chi connectivity index (χ2n) is 8.16. The van der Waals surface area contributed by atoms with Crippen molar-refractivity contribution in [3.63, 3.8) is 0 Å². The average Bonchev–Trinajstić information content (AvgIpc) is 2.70. The Balaban J connectivity index is 2.80. The molecule has 0 heterocycles. The van der Waals surface area contributed by atoms with Gasteiger partial charge in [0.1, 0.15) is 11.5 Å². The Bertz CT molecular complexity index is 587. The first-order valence-corrected chi connectivity index (χ1v) is 10.8. The van der Waals surface area contributed by atoms with Crippen LogP contribution >= 0.6 is 0 Å². The molecular formula is C24H40N2O2. The highest BCUT2D eigenvalue weighted by atomic mass is 16.5. The van der Waals surface area contributed by atoms with Crippen LogP contribution in [0.25, 0.3) is 0 Å². The van der Waals surface area contributed by atoms with Crippen molar-refractivity contribution in [2.24, 2.45) is 5.92 Å². The van der Waals surface area contributed by atoms with Crippen LogP contribution in [0.3, 0.4) is 0 Å². The van der Waals surface area contributed by atoms with Crippen LogP contribution in [0.5, 0.6) is 11.5 Å². The van der Waals surface area contributed by atoms with Crippen molar-refractivity contribution in [3.8, 4) is 17.6 Å². The maximum absolute atomic E-state index is 10.2. The van der Waals surface area contributed by atoms with Gasteiger partial charge in [-0.25, -0.2) is 0 Å². The summed E-state index contributed by atoms with van der Waals surface area (Å²) in [5, 5.41) is 10.2. The van der Waals surface area contributed by atoms with E-state index in [4.69, 9.17) is 9.47 Å². The number of nitriles is 1. The second-order valence-corrected chi connectivity index (χ2v) is 8.16. The molecule has 1 atom stereocenters. The minimum atomic E-state index is -0.558. The Hall–Kier alpha value is -1.73. The molecule has 1 unspecified atom stereocenters. The second kappa shape index (κ2) is 12.7. The fourth-order valence-corrected chi connectivity index (χ4v) is 3.72. The Labute approximate surface area is 172 Å². The first-order valence-electron chi connectivity index (χ1n) is 10.8. The van der Waals surface area contributed by atoms with Crippen molar-refractivity contribution < 1.29 is 9.47 Å². The lowest BCUT2D eigenvalue weighted by Gasteiger charge is -2.33. The molecule has 0 fully saturated rings. The summed E-state index contributed by atoms with van der Waals surface area (Å²) in [7, 11) is 5.47. The molecule has 1 rings (SSSR count). The third-order valence-corrected chi connectivity index (χ3v) is 5.83. The van der Waals surface area contributed by atoms with Crippen LogP contribution < -0.4 is 9.47 Å². The predicted molar refractivity (Wildman–Crippen MR) is 117 cm³/mol. The summed E-state index contributed by atoms with van der Waals surface area (Å²) in [6.45, 7) is 8.50. The van der Waals surface area contributed by atoms with E-state index >= 15 is 0 Å². The number of hydrogen-bond acceptors (Lipinski definition) is 4. The van der Waals surface area contributed by atoms with E-state index in [1.807, 2.05) is 18.2 Å². The predicted octanol–water partition coefficient (Wildman–Crippen LogP) is 5.80. The minimum absolute atomic E-state index is 0.191. The molecule has 0 aliphatic rings. The van der Waals surface area contributed by atoms with Crippen molar-refractivity contribution in [3.05, 3.63) is 23.8 Å². The van der Waals surface area contributed by atoms with Crippen molar-refractivity contribution in [2.75, 3.05) is 34.4 Å². The molecule has 0 radical (unpaired) electrons. The van der Waals surface area contributed by atoms with Crippen LogP contribution in [-0.2, 0) is 5.41 Å². The molecule has 4 nitrogen and oxygen atoms in total. The number of benzene rings is 1. The maximum atomic E-state index is 10.2. The molecule has 0 amide bonds. The molecule has 4 heteroatoms. The molecule has 0 aliphatic carbocycles. The van der Waals surface area contributed by atoms with Crippen molar-refractivity contribution in [2.45, 2.75) is 71.1 Å². The lowest BCUT2D eigenvalue weighted by Crippen LogP contribution is -2.35. The van der Waals surface area contributed by atoms with Gasteiger partial charge in [0.25, 0.3) is 0 Å². The number of hydrogen-bond donors (Lipinski definition) is 0. The average molecular weight is 389 g/mol. The highest BCUT2D eigenvalue weighted by Gasteiger charge is 2.36. The summed E-state index contributed by atoms with van der Waals surface area (Å²) < 4.78 is 10.9. The van der Waals surface area contributed by atoms with Gasteiger partial charge in [0.15, 0.2) is 0 Å². The van der Waals surface area contributed by atoms with Gasteiger partial charge in [0.2, 0.25) is 0 Å². The van der Waals surface area contributed by atoms with E-state index in [1.54, 1.807) is 14.2 Å². The standard InChI is InChI=1S/C24H40N2O2/c1-7-8-9-10-11-12-14-26(4)15-13-24(19-25,20(2)3)21-16-22(27-5)18-23(17-21)28-6/h16-18,20H,7-15H2,1-6H3. The quantitative estimate of drug-likeness (QED) is 0.378. The molecule has 0 spiro atoms. The summed E-state index contributed by atoms with van der Waals surface area (Å²) in [4.78, 5) is 2.37. The SMILES string of the molecule is CCCCCCCCN(C)CCC(C#N)(c1cc(OC)cc(OC)c1)C(C)C. The Morgan fingerprint density at radius 1 is 0.964 bits per heavy atom. The topological polar surface area (TPSA) is 45.5 Å². The van der Waals surface area contributed by atoms with E-state index in [-0.39, 0.29) is 5.92 Å². The summed E-state index contributed by atoms with van der Waals surface area (Å²) in [5.41, 5.74) is 0.422. The molecule has 0 bridgehead atoms. The van der Waals surface area contributed by atoms with Gasteiger partial charge in [-0.1, -0.05) is 52.9 Å². The van der Waals surface area contributed by atoms with E-state index in [9.17, 15) is 5.26 Å². The Kier molecular flexibility index (Phi) is 11.0. The largest absolute Gasteiger partial charge is 0.497 e. The lowest BCUT2D eigenvalue weighted by atomic mass is 9.70. The number of nitrogens with zero attached hydrogens (tertiary/aromatic N) is 2. The van der Waals surface area contributed by atoms with Crippen molar-refractivity contribution in [1.29, 1.82) is 5.26 Å². The zero-order chi connectivity index (χ0) is 21.0. The molecule has 1 aromatic rings. The van der Waals surface area contributed by atoms with Crippen LogP contribution in [0.4, 0.5) is 0 Å². The van der Waals surface area contributed by atoms with Crippen LogP contribution in [0, 0.1) is 17.2 Å². The molecule has 1 aromatic carbocycles. The van der Waals surface area contributed by atoms with Gasteiger partial charge in [-0.05, 0) is 56.6 Å². The number of unbranched alkanes of at least 4 members (excludes halogenated alkanes) is 5. The highest BCUT2D eigenvalue weighted by molar-refractivity contribution is 5.45. The summed E-state index contributed by atoms with van der Waals surface area (Å²) >= 11 is 0. The molecule has 0 saturated carbocycles. The molecular weight excluding hydrogens is 348 g/mol. The van der Waals surface area contributed by atoms with E-state index < -0.39 is 5.41 Å². The third kappa shape index (κ3) is 7.02. The molecule has 28 heavy (non-hydrogen) atoms. The number of rotatable bonds is 14. The molecule has 0 aliphatic heterocycles. The summed E-state index contributed by atoms with van der Waals surface area (Å²) in [6.07, 6.45) is 8.64. The zero-order valence-corrected chi connectivity index (χ0v) is 18.9. The van der Waals surface area contributed by atoms with E-state index in [0.29, 0.717) is 0 Å². The lowest BCUT2D eigenvalue weighted by molar-refractivity contribution is 0.265. The van der Waals surface area contributed by atoms with Crippen LogP contribution in [-0.4, -0.2) is 39.3 Å². The fourth-order valence-electron chi connectivity index (χ4n) is 3.72.